The molecule has 0 radical (unpaired) electrons. The molecule has 0 aliphatic carbocycles. The van der Waals surface area contributed by atoms with Gasteiger partial charge in [0.1, 0.15) is 11.6 Å². The van der Waals surface area contributed by atoms with Crippen molar-refractivity contribution in [1.29, 1.82) is 0 Å². The number of carbonyl (C=O) groups is 1. The fourth-order valence-corrected chi connectivity index (χ4v) is 3.23. The molecule has 0 aromatic heterocycles. The lowest BCUT2D eigenvalue weighted by Crippen LogP contribution is -2.52. The van der Waals surface area contributed by atoms with E-state index < -0.39 is 11.6 Å². The van der Waals surface area contributed by atoms with Crippen LogP contribution in [0.4, 0.5) is 8.78 Å². The van der Waals surface area contributed by atoms with Crippen molar-refractivity contribution in [2.45, 2.75) is 19.4 Å². The van der Waals surface area contributed by atoms with Gasteiger partial charge in [0.15, 0.2) is 0 Å². The molecule has 2 aliphatic rings. The number of rotatable bonds is 2. The number of piperazine rings is 1. The second kappa shape index (κ2) is 7.55. The predicted octanol–water partition coefficient (Wildman–Crippen LogP) is 1.81. The van der Waals surface area contributed by atoms with Crippen LogP contribution in [0.15, 0.2) is 12.1 Å². The van der Waals surface area contributed by atoms with Crippen LogP contribution < -0.4 is 5.32 Å². The summed E-state index contributed by atoms with van der Waals surface area (Å²) in [6.07, 6.45) is 1.14. The van der Waals surface area contributed by atoms with Crippen LogP contribution in [0.1, 0.15) is 22.3 Å². The van der Waals surface area contributed by atoms with Gasteiger partial charge < -0.3 is 10.2 Å². The number of nitrogens with zero attached hydrogens (tertiary/aromatic N) is 2. The van der Waals surface area contributed by atoms with E-state index in [0.29, 0.717) is 24.7 Å². The fourth-order valence-electron chi connectivity index (χ4n) is 3.23. The number of aryl methyl sites for hydroxylation is 1. The first-order chi connectivity index (χ1) is 10.6. The zero-order valence-corrected chi connectivity index (χ0v) is 14.0. The molecule has 23 heavy (non-hydrogen) atoms. The van der Waals surface area contributed by atoms with Crippen molar-refractivity contribution < 1.29 is 13.6 Å². The summed E-state index contributed by atoms with van der Waals surface area (Å²) < 4.78 is 27.2. The Morgan fingerprint density at radius 1 is 1.17 bits per heavy atom. The van der Waals surface area contributed by atoms with Crippen molar-refractivity contribution in [2.24, 2.45) is 0 Å². The summed E-state index contributed by atoms with van der Waals surface area (Å²) in [5.74, 6) is -1.74. The van der Waals surface area contributed by atoms with Gasteiger partial charge in [0, 0.05) is 44.8 Å². The first-order valence-corrected chi connectivity index (χ1v) is 7.76. The normalized spacial score (nSPS) is 22.0. The lowest BCUT2D eigenvalue weighted by molar-refractivity contribution is 0.0579. The Hall–Kier alpha value is -1.24. The minimum absolute atomic E-state index is 0. The van der Waals surface area contributed by atoms with Crippen LogP contribution in [0.3, 0.4) is 0 Å². The third-order valence-corrected chi connectivity index (χ3v) is 4.63. The SMILES string of the molecule is Cc1cc(C(=O)N2CCN(C3CCNC3)CC2)c(F)cc1F.Cl. The minimum atomic E-state index is -0.782. The van der Waals surface area contributed by atoms with E-state index in [0.717, 1.165) is 38.7 Å². The smallest absolute Gasteiger partial charge is 0.256 e. The van der Waals surface area contributed by atoms with Crippen molar-refractivity contribution >= 4 is 18.3 Å². The Bertz CT molecular complexity index is 571. The maximum absolute atomic E-state index is 13.9. The van der Waals surface area contributed by atoms with Crippen molar-refractivity contribution in [3.05, 3.63) is 34.9 Å². The van der Waals surface area contributed by atoms with Crippen LogP contribution in [-0.4, -0.2) is 61.0 Å². The first-order valence-electron chi connectivity index (χ1n) is 7.76. The molecule has 0 saturated carbocycles. The molecule has 7 heteroatoms. The molecule has 1 aromatic rings. The lowest BCUT2D eigenvalue weighted by Gasteiger charge is -2.37. The standard InChI is InChI=1S/C16H21F2N3O.ClH/c1-11-8-13(15(18)9-14(11)17)16(22)21-6-4-20(5-7-21)12-2-3-19-10-12;/h8-9,12,19H,2-7,10H2,1H3;1H. The van der Waals surface area contributed by atoms with Gasteiger partial charge in [0.05, 0.1) is 5.56 Å². The molecule has 0 spiro atoms. The summed E-state index contributed by atoms with van der Waals surface area (Å²) in [6.45, 7) is 6.37. The third-order valence-electron chi connectivity index (χ3n) is 4.63. The molecule has 3 rings (SSSR count). The van der Waals surface area contributed by atoms with Crippen LogP contribution in [0.2, 0.25) is 0 Å². The van der Waals surface area contributed by atoms with Gasteiger partial charge in [-0.1, -0.05) is 0 Å². The Morgan fingerprint density at radius 2 is 1.87 bits per heavy atom. The van der Waals surface area contributed by atoms with Gasteiger partial charge >= 0.3 is 0 Å². The average Bonchev–Trinajstić information content (AvgIpc) is 3.05. The van der Waals surface area contributed by atoms with Crippen LogP contribution in [-0.2, 0) is 0 Å². The molecule has 1 N–H and O–H groups in total. The molecule has 128 valence electrons. The summed E-state index contributed by atoms with van der Waals surface area (Å²) in [5, 5.41) is 3.34. The highest BCUT2D eigenvalue weighted by atomic mass is 35.5. The molecule has 1 aromatic carbocycles. The predicted molar refractivity (Wildman–Crippen MR) is 87.1 cm³/mol. The second-order valence-electron chi connectivity index (χ2n) is 6.06. The summed E-state index contributed by atoms with van der Waals surface area (Å²) in [4.78, 5) is 16.5. The van der Waals surface area contributed by atoms with E-state index in [9.17, 15) is 13.6 Å². The number of carbonyl (C=O) groups excluding carboxylic acids is 1. The first kappa shape index (κ1) is 18.1. The zero-order chi connectivity index (χ0) is 15.7. The zero-order valence-electron chi connectivity index (χ0n) is 13.1. The summed E-state index contributed by atoms with van der Waals surface area (Å²) in [5.41, 5.74) is 0.260. The van der Waals surface area contributed by atoms with Crippen LogP contribution in [0.25, 0.3) is 0 Å². The highest BCUT2D eigenvalue weighted by Gasteiger charge is 2.29. The molecule has 2 fully saturated rings. The number of hydrogen-bond donors (Lipinski definition) is 1. The highest BCUT2D eigenvalue weighted by Crippen LogP contribution is 2.18. The van der Waals surface area contributed by atoms with E-state index in [4.69, 9.17) is 0 Å². The number of halogens is 3. The Labute approximate surface area is 141 Å². The van der Waals surface area contributed by atoms with Gasteiger partial charge in [-0.3, -0.25) is 9.69 Å². The number of benzene rings is 1. The van der Waals surface area contributed by atoms with Gasteiger partial charge in [0.25, 0.3) is 5.91 Å². The largest absolute Gasteiger partial charge is 0.336 e. The quantitative estimate of drug-likeness (QED) is 0.888. The molecule has 4 nitrogen and oxygen atoms in total. The summed E-state index contributed by atoms with van der Waals surface area (Å²) in [7, 11) is 0. The van der Waals surface area contributed by atoms with Crippen LogP contribution in [0.5, 0.6) is 0 Å². The van der Waals surface area contributed by atoms with Crippen molar-refractivity contribution in [3.63, 3.8) is 0 Å². The topological polar surface area (TPSA) is 35.6 Å². The Balaban J connectivity index is 0.00000192. The summed E-state index contributed by atoms with van der Waals surface area (Å²) in [6, 6.07) is 2.64. The van der Waals surface area contributed by atoms with E-state index in [1.54, 1.807) is 4.90 Å². The molecule has 0 bridgehead atoms. The Kier molecular flexibility index (Phi) is 5.95. The molecule has 1 atom stereocenters. The van der Waals surface area contributed by atoms with Crippen LogP contribution >= 0.6 is 12.4 Å². The van der Waals surface area contributed by atoms with E-state index in [2.05, 4.69) is 10.2 Å². The molecule has 1 unspecified atom stereocenters. The van der Waals surface area contributed by atoms with Gasteiger partial charge in [-0.15, -0.1) is 12.4 Å². The minimum Gasteiger partial charge on any atom is -0.336 e. The molecule has 2 aliphatic heterocycles. The number of nitrogens with one attached hydrogen (secondary N) is 1. The molecular formula is C16H22ClF2N3O. The van der Waals surface area contributed by atoms with Crippen molar-refractivity contribution in [1.82, 2.24) is 15.1 Å². The van der Waals surface area contributed by atoms with Crippen LogP contribution in [0, 0.1) is 18.6 Å². The average molecular weight is 346 g/mol. The van der Waals surface area contributed by atoms with Gasteiger partial charge in [0.2, 0.25) is 0 Å². The number of amides is 1. The van der Waals surface area contributed by atoms with Crippen molar-refractivity contribution in [2.75, 3.05) is 39.3 Å². The molecule has 1 amide bonds. The number of hydrogen-bond acceptors (Lipinski definition) is 3. The Morgan fingerprint density at radius 3 is 2.48 bits per heavy atom. The van der Waals surface area contributed by atoms with E-state index >= 15 is 0 Å². The lowest BCUT2D eigenvalue weighted by atomic mass is 10.1. The van der Waals surface area contributed by atoms with Gasteiger partial charge in [-0.05, 0) is 31.5 Å². The van der Waals surface area contributed by atoms with E-state index in [1.807, 2.05) is 0 Å². The monoisotopic (exact) mass is 345 g/mol. The van der Waals surface area contributed by atoms with Gasteiger partial charge in [-0.2, -0.15) is 0 Å². The summed E-state index contributed by atoms with van der Waals surface area (Å²) >= 11 is 0. The molecule has 2 saturated heterocycles. The maximum atomic E-state index is 13.9. The van der Waals surface area contributed by atoms with E-state index in [-0.39, 0.29) is 23.9 Å². The van der Waals surface area contributed by atoms with Crippen molar-refractivity contribution in [3.8, 4) is 0 Å². The molecule has 2 heterocycles. The maximum Gasteiger partial charge on any atom is 0.256 e. The van der Waals surface area contributed by atoms with E-state index in [1.165, 1.54) is 13.0 Å². The third kappa shape index (κ3) is 3.82. The molecular weight excluding hydrogens is 324 g/mol. The van der Waals surface area contributed by atoms with Gasteiger partial charge in [-0.25, -0.2) is 8.78 Å². The second-order valence-corrected chi connectivity index (χ2v) is 6.06. The fraction of sp³-hybridized carbons (Fsp3) is 0.562. The highest BCUT2D eigenvalue weighted by molar-refractivity contribution is 5.94.